The molecule has 220 valence electrons. The first-order chi connectivity index (χ1) is 20.1. The summed E-state index contributed by atoms with van der Waals surface area (Å²) in [4.78, 5) is 43.5. The Kier molecular flexibility index (Phi) is 8.31. The SMILES string of the molecule is CCCC(=O)c1cnn(-c2ccc(NC(=O)c3cn(CC(=O)N4CC(C)N(C)C(C)C4)c4ccc(C)cc34)cc2)c1C. The Bertz CT molecular complexity index is 1620. The predicted octanol–water partition coefficient (Wildman–Crippen LogP) is 5.23. The molecule has 2 amide bonds. The number of aromatic nitrogens is 3. The molecule has 0 bridgehead atoms. The average molecular weight is 569 g/mol. The molecule has 1 aliphatic rings. The fourth-order valence-electron chi connectivity index (χ4n) is 5.77. The summed E-state index contributed by atoms with van der Waals surface area (Å²) in [5.74, 6) is -0.0988. The highest BCUT2D eigenvalue weighted by Crippen LogP contribution is 2.26. The number of carbonyl (C=O) groups excluding carboxylic acids is 3. The van der Waals surface area contributed by atoms with Crippen LogP contribution in [0, 0.1) is 13.8 Å². The topological polar surface area (TPSA) is 92.5 Å². The number of fused-ring (bicyclic) bond motifs is 1. The highest BCUT2D eigenvalue weighted by atomic mass is 16.2. The van der Waals surface area contributed by atoms with Crippen LogP contribution in [0.25, 0.3) is 16.6 Å². The zero-order chi connectivity index (χ0) is 30.1. The van der Waals surface area contributed by atoms with E-state index in [9.17, 15) is 14.4 Å². The van der Waals surface area contributed by atoms with Gasteiger partial charge in [0.2, 0.25) is 5.91 Å². The number of Topliss-reactive ketones (excluding diaryl/α,β-unsaturated/α-hetero) is 1. The molecule has 0 spiro atoms. The molecule has 5 rings (SSSR count). The Hall–Kier alpha value is -4.24. The molecule has 2 unspecified atom stereocenters. The van der Waals surface area contributed by atoms with Gasteiger partial charge in [-0.15, -0.1) is 0 Å². The van der Waals surface area contributed by atoms with Crippen molar-refractivity contribution in [2.24, 2.45) is 0 Å². The van der Waals surface area contributed by atoms with E-state index in [1.807, 2.05) is 72.7 Å². The van der Waals surface area contributed by atoms with Crippen LogP contribution >= 0.6 is 0 Å². The van der Waals surface area contributed by atoms with Gasteiger partial charge < -0.3 is 14.8 Å². The molecule has 42 heavy (non-hydrogen) atoms. The molecular formula is C33H40N6O3. The van der Waals surface area contributed by atoms with Gasteiger partial charge in [-0.2, -0.15) is 5.10 Å². The van der Waals surface area contributed by atoms with Crippen LogP contribution < -0.4 is 5.32 Å². The quantitative estimate of drug-likeness (QED) is 0.294. The second-order valence-corrected chi connectivity index (χ2v) is 11.6. The van der Waals surface area contributed by atoms with E-state index < -0.39 is 0 Å². The summed E-state index contributed by atoms with van der Waals surface area (Å²) in [6.45, 7) is 11.7. The Labute approximate surface area is 247 Å². The number of hydrogen-bond acceptors (Lipinski definition) is 5. The number of hydrogen-bond donors (Lipinski definition) is 1. The first kappa shape index (κ1) is 29.3. The van der Waals surface area contributed by atoms with Crippen LogP contribution in [-0.4, -0.2) is 74.0 Å². The molecule has 1 N–H and O–H groups in total. The van der Waals surface area contributed by atoms with E-state index in [2.05, 4.69) is 36.2 Å². The van der Waals surface area contributed by atoms with Gasteiger partial charge in [-0.25, -0.2) is 4.68 Å². The van der Waals surface area contributed by atoms with Crippen molar-refractivity contribution in [1.82, 2.24) is 24.1 Å². The molecule has 1 fully saturated rings. The lowest BCUT2D eigenvalue weighted by Gasteiger charge is -2.42. The third kappa shape index (κ3) is 5.74. The molecule has 9 heteroatoms. The van der Waals surface area contributed by atoms with Gasteiger partial charge in [-0.05, 0) is 77.6 Å². The highest BCUT2D eigenvalue weighted by molar-refractivity contribution is 6.13. The van der Waals surface area contributed by atoms with Crippen LogP contribution in [-0.2, 0) is 11.3 Å². The minimum atomic E-state index is -0.242. The van der Waals surface area contributed by atoms with Gasteiger partial charge in [0, 0.05) is 54.4 Å². The number of likely N-dealkylation sites (N-methyl/N-ethyl adjacent to an activating group) is 1. The number of nitrogens with one attached hydrogen (secondary N) is 1. The third-order valence-electron chi connectivity index (χ3n) is 8.46. The number of amides is 2. The summed E-state index contributed by atoms with van der Waals surface area (Å²) in [6.07, 6.45) is 4.70. The van der Waals surface area contributed by atoms with Gasteiger partial charge >= 0.3 is 0 Å². The van der Waals surface area contributed by atoms with Gasteiger partial charge in [0.25, 0.3) is 5.91 Å². The molecule has 2 atom stereocenters. The van der Waals surface area contributed by atoms with E-state index in [1.165, 1.54) is 0 Å². The molecular weight excluding hydrogens is 528 g/mol. The van der Waals surface area contributed by atoms with Gasteiger partial charge in [-0.1, -0.05) is 18.6 Å². The standard InChI is InChI=1S/C33H40N6O3/c1-7-8-31(40)28-16-34-39(24(28)5)26-12-10-25(11-13-26)35-33(42)29-19-37(30-14-9-21(2)15-27(29)30)20-32(41)38-17-22(3)36(6)23(4)18-38/h9-16,19,22-23H,7-8,17-18,20H2,1-6H3,(H,35,42). The maximum Gasteiger partial charge on any atom is 0.257 e. The number of rotatable bonds is 8. The van der Waals surface area contributed by atoms with Crippen molar-refractivity contribution in [2.75, 3.05) is 25.5 Å². The lowest BCUT2D eigenvalue weighted by molar-refractivity contribution is -0.135. The minimum Gasteiger partial charge on any atom is -0.338 e. The maximum absolute atomic E-state index is 13.5. The molecule has 0 saturated carbocycles. The van der Waals surface area contributed by atoms with E-state index in [0.29, 0.717) is 36.3 Å². The summed E-state index contributed by atoms with van der Waals surface area (Å²) in [5, 5.41) is 8.24. The van der Waals surface area contributed by atoms with Crippen LogP contribution in [0.1, 0.15) is 65.6 Å². The van der Waals surface area contributed by atoms with Crippen molar-refractivity contribution in [3.63, 3.8) is 0 Å². The Morgan fingerprint density at radius 1 is 0.976 bits per heavy atom. The van der Waals surface area contributed by atoms with Gasteiger partial charge in [0.15, 0.2) is 5.78 Å². The highest BCUT2D eigenvalue weighted by Gasteiger charge is 2.29. The summed E-state index contributed by atoms with van der Waals surface area (Å²) in [5.41, 5.74) is 5.29. The van der Waals surface area contributed by atoms with Gasteiger partial charge in [0.05, 0.1) is 28.7 Å². The van der Waals surface area contributed by atoms with E-state index in [-0.39, 0.29) is 36.2 Å². The van der Waals surface area contributed by atoms with Crippen molar-refractivity contribution >= 4 is 34.2 Å². The van der Waals surface area contributed by atoms with Crippen molar-refractivity contribution in [2.45, 2.75) is 66.1 Å². The zero-order valence-corrected chi connectivity index (χ0v) is 25.3. The van der Waals surface area contributed by atoms with Crippen LogP contribution in [0.3, 0.4) is 0 Å². The smallest absolute Gasteiger partial charge is 0.257 e. The summed E-state index contributed by atoms with van der Waals surface area (Å²) < 4.78 is 3.63. The van der Waals surface area contributed by atoms with Crippen molar-refractivity contribution in [3.05, 3.63) is 77.2 Å². The van der Waals surface area contributed by atoms with Crippen LogP contribution in [0.5, 0.6) is 0 Å². The normalized spacial score (nSPS) is 17.5. The molecule has 1 aliphatic heterocycles. The number of nitrogens with zero attached hydrogens (tertiary/aromatic N) is 5. The summed E-state index contributed by atoms with van der Waals surface area (Å²) in [6, 6.07) is 13.9. The number of benzene rings is 2. The Balaban J connectivity index is 1.35. The van der Waals surface area contributed by atoms with E-state index in [4.69, 9.17) is 0 Å². The largest absolute Gasteiger partial charge is 0.338 e. The zero-order valence-electron chi connectivity index (χ0n) is 25.3. The minimum absolute atomic E-state index is 0.0512. The second-order valence-electron chi connectivity index (χ2n) is 11.6. The fraction of sp³-hybridized carbons (Fsp3) is 0.394. The summed E-state index contributed by atoms with van der Waals surface area (Å²) >= 11 is 0. The number of anilines is 1. The van der Waals surface area contributed by atoms with Crippen LogP contribution in [0.4, 0.5) is 5.69 Å². The molecule has 4 aromatic rings. The van der Waals surface area contributed by atoms with Crippen molar-refractivity contribution in [1.29, 1.82) is 0 Å². The van der Waals surface area contributed by atoms with E-state index in [1.54, 1.807) is 17.1 Å². The Morgan fingerprint density at radius 3 is 2.33 bits per heavy atom. The number of carbonyl (C=O) groups is 3. The number of piperazine rings is 1. The summed E-state index contributed by atoms with van der Waals surface area (Å²) in [7, 11) is 2.10. The lowest BCUT2D eigenvalue weighted by atomic mass is 10.1. The third-order valence-corrected chi connectivity index (χ3v) is 8.46. The van der Waals surface area contributed by atoms with E-state index in [0.717, 1.165) is 34.3 Å². The molecule has 0 radical (unpaired) electrons. The first-order valence-electron chi connectivity index (χ1n) is 14.7. The van der Waals surface area contributed by atoms with Crippen LogP contribution in [0.15, 0.2) is 54.9 Å². The molecule has 2 aromatic carbocycles. The maximum atomic E-state index is 13.5. The number of aryl methyl sites for hydroxylation is 1. The second kappa shape index (κ2) is 11.9. The fourth-order valence-corrected chi connectivity index (χ4v) is 5.77. The van der Waals surface area contributed by atoms with E-state index >= 15 is 0 Å². The van der Waals surface area contributed by atoms with Gasteiger partial charge in [-0.3, -0.25) is 19.3 Å². The molecule has 2 aromatic heterocycles. The van der Waals surface area contributed by atoms with Crippen molar-refractivity contribution < 1.29 is 14.4 Å². The van der Waals surface area contributed by atoms with Crippen LogP contribution in [0.2, 0.25) is 0 Å². The molecule has 1 saturated heterocycles. The predicted molar refractivity (Wildman–Crippen MR) is 165 cm³/mol. The molecule has 9 nitrogen and oxygen atoms in total. The number of ketones is 1. The average Bonchev–Trinajstić information content (AvgIpc) is 3.52. The Morgan fingerprint density at radius 2 is 1.67 bits per heavy atom. The van der Waals surface area contributed by atoms with Crippen molar-refractivity contribution in [3.8, 4) is 5.69 Å². The molecule has 3 heterocycles. The molecule has 0 aliphatic carbocycles. The lowest BCUT2D eigenvalue weighted by Crippen LogP contribution is -2.56. The monoisotopic (exact) mass is 568 g/mol. The van der Waals surface area contributed by atoms with Gasteiger partial charge in [0.1, 0.15) is 6.54 Å². The first-order valence-corrected chi connectivity index (χ1v) is 14.7.